The zero-order valence-corrected chi connectivity index (χ0v) is 25.7. The Bertz CT molecular complexity index is 1220. The molecule has 41 heavy (non-hydrogen) atoms. The number of aliphatic hydroxyl groups excluding tert-OH is 1. The van der Waals surface area contributed by atoms with Crippen molar-refractivity contribution in [2.45, 2.75) is 65.8 Å². The number of aliphatic hydroxyl groups is 1. The van der Waals surface area contributed by atoms with Crippen molar-refractivity contribution < 1.29 is 27.5 Å². The number of nitrogens with one attached hydrogen (secondary N) is 3. The zero-order valence-electron chi connectivity index (χ0n) is 24.9. The highest BCUT2D eigenvalue weighted by molar-refractivity contribution is 7.88. The molecule has 2 aromatic carbocycles. The molecule has 228 valence electrons. The number of carbonyl (C=O) groups is 2. The van der Waals surface area contributed by atoms with E-state index in [4.69, 9.17) is 0 Å². The van der Waals surface area contributed by atoms with Gasteiger partial charge in [-0.15, -0.1) is 0 Å². The van der Waals surface area contributed by atoms with E-state index in [1.165, 1.54) is 16.4 Å². The third-order valence-corrected chi connectivity index (χ3v) is 7.72. The molecule has 0 radical (unpaired) electrons. The molecule has 0 heterocycles. The molecule has 0 aliphatic carbocycles. The number of rotatable bonds is 15. The average molecular weight is 593 g/mol. The van der Waals surface area contributed by atoms with E-state index in [2.05, 4.69) is 16.0 Å². The van der Waals surface area contributed by atoms with Crippen LogP contribution in [0.15, 0.2) is 54.6 Å². The summed E-state index contributed by atoms with van der Waals surface area (Å²) in [5.41, 5.74) is 0.991. The molecule has 9 nitrogen and oxygen atoms in total. The van der Waals surface area contributed by atoms with Gasteiger partial charge in [0.05, 0.1) is 24.9 Å². The van der Waals surface area contributed by atoms with Crippen LogP contribution in [0.5, 0.6) is 0 Å². The van der Waals surface area contributed by atoms with Gasteiger partial charge in [-0.3, -0.25) is 9.59 Å². The Morgan fingerprint density at radius 3 is 2.10 bits per heavy atom. The van der Waals surface area contributed by atoms with Crippen molar-refractivity contribution in [3.63, 3.8) is 0 Å². The molecule has 0 saturated heterocycles. The van der Waals surface area contributed by atoms with Crippen molar-refractivity contribution in [1.29, 1.82) is 0 Å². The first-order valence-corrected chi connectivity index (χ1v) is 15.6. The van der Waals surface area contributed by atoms with Crippen molar-refractivity contribution in [3.05, 3.63) is 71.5 Å². The fourth-order valence-corrected chi connectivity index (χ4v) is 5.31. The van der Waals surface area contributed by atoms with Gasteiger partial charge in [0, 0.05) is 19.6 Å². The van der Waals surface area contributed by atoms with Crippen molar-refractivity contribution in [2.75, 3.05) is 25.9 Å². The standard InChI is InChI=1S/C30H45FN4O5S/c1-21(2)19-35(41(6,39)40)20-26(36)25(16-22-10-8-7-9-11-22)33-29(38)28(30(3,4)5)34-27(37)18-32-17-23-12-14-24(31)15-13-23/h7-15,21,25-26,28,32,36H,16-20H2,1-6H3,(H,33,38)(H,34,37)/t25?,26?,28-/m1/s1. The van der Waals surface area contributed by atoms with Gasteiger partial charge in [-0.05, 0) is 41.0 Å². The topological polar surface area (TPSA) is 128 Å². The number of carbonyl (C=O) groups excluding carboxylic acids is 2. The second-order valence-corrected chi connectivity index (χ2v) is 13.9. The van der Waals surface area contributed by atoms with E-state index >= 15 is 0 Å². The minimum Gasteiger partial charge on any atom is -0.390 e. The first-order valence-electron chi connectivity index (χ1n) is 13.8. The Morgan fingerprint density at radius 1 is 0.951 bits per heavy atom. The SMILES string of the molecule is CC(C)CN(CC(O)C(Cc1ccccc1)NC(=O)[C@@H](NC(=O)CNCc1ccc(F)cc1)C(C)(C)C)S(C)(=O)=O. The summed E-state index contributed by atoms with van der Waals surface area (Å²) in [4.78, 5) is 26.4. The Hall–Kier alpha value is -2.86. The minimum absolute atomic E-state index is 0.0382. The zero-order chi connectivity index (χ0) is 30.8. The highest BCUT2D eigenvalue weighted by Gasteiger charge is 2.36. The van der Waals surface area contributed by atoms with Crippen LogP contribution >= 0.6 is 0 Å². The Morgan fingerprint density at radius 2 is 1.56 bits per heavy atom. The van der Waals surface area contributed by atoms with Crippen LogP contribution in [0.25, 0.3) is 0 Å². The van der Waals surface area contributed by atoms with Gasteiger partial charge in [0.2, 0.25) is 21.8 Å². The Labute approximate surface area is 244 Å². The maximum atomic E-state index is 13.6. The van der Waals surface area contributed by atoms with E-state index < -0.39 is 45.4 Å². The van der Waals surface area contributed by atoms with Crippen LogP contribution in [-0.2, 0) is 32.6 Å². The summed E-state index contributed by atoms with van der Waals surface area (Å²) in [5, 5.41) is 19.9. The van der Waals surface area contributed by atoms with Gasteiger partial charge in [-0.1, -0.05) is 77.1 Å². The number of hydrogen-bond acceptors (Lipinski definition) is 6. The van der Waals surface area contributed by atoms with Crippen molar-refractivity contribution in [2.24, 2.45) is 11.3 Å². The molecule has 0 aromatic heterocycles. The fraction of sp³-hybridized carbons (Fsp3) is 0.533. The lowest BCUT2D eigenvalue weighted by atomic mass is 9.85. The number of hydrogen-bond donors (Lipinski definition) is 4. The van der Waals surface area contributed by atoms with E-state index in [1.54, 1.807) is 12.1 Å². The fourth-order valence-electron chi connectivity index (χ4n) is 4.32. The monoisotopic (exact) mass is 592 g/mol. The number of amides is 2. The number of nitrogens with zero attached hydrogens (tertiary/aromatic N) is 1. The molecule has 0 saturated carbocycles. The summed E-state index contributed by atoms with van der Waals surface area (Å²) < 4.78 is 39.2. The predicted octanol–water partition coefficient (Wildman–Crippen LogP) is 2.45. The molecule has 0 spiro atoms. The second-order valence-electron chi connectivity index (χ2n) is 11.9. The van der Waals surface area contributed by atoms with Gasteiger partial charge >= 0.3 is 0 Å². The van der Waals surface area contributed by atoms with Crippen LogP contribution in [-0.4, -0.2) is 73.7 Å². The van der Waals surface area contributed by atoms with Crippen LogP contribution in [0.1, 0.15) is 45.7 Å². The molecule has 2 amide bonds. The van der Waals surface area contributed by atoms with E-state index in [9.17, 15) is 27.5 Å². The maximum absolute atomic E-state index is 13.6. The van der Waals surface area contributed by atoms with Gasteiger partial charge < -0.3 is 21.1 Å². The van der Waals surface area contributed by atoms with E-state index in [0.29, 0.717) is 6.54 Å². The Kier molecular flexibility index (Phi) is 12.9. The number of benzene rings is 2. The average Bonchev–Trinajstić information content (AvgIpc) is 2.86. The molecular formula is C30H45FN4O5S. The van der Waals surface area contributed by atoms with Gasteiger partial charge in [-0.2, -0.15) is 4.31 Å². The van der Waals surface area contributed by atoms with Crippen molar-refractivity contribution in [1.82, 2.24) is 20.3 Å². The molecule has 0 fully saturated rings. The molecule has 2 aromatic rings. The molecule has 0 bridgehead atoms. The summed E-state index contributed by atoms with van der Waals surface area (Å²) in [6.07, 6.45) is 0.153. The third kappa shape index (κ3) is 12.3. The quantitative estimate of drug-likeness (QED) is 0.252. The molecule has 2 rings (SSSR count). The van der Waals surface area contributed by atoms with Gasteiger partial charge in [-0.25, -0.2) is 12.8 Å². The molecule has 4 N–H and O–H groups in total. The minimum atomic E-state index is -3.60. The molecule has 2 unspecified atom stereocenters. The van der Waals surface area contributed by atoms with Crippen LogP contribution in [0.4, 0.5) is 4.39 Å². The highest BCUT2D eigenvalue weighted by Crippen LogP contribution is 2.20. The lowest BCUT2D eigenvalue weighted by Gasteiger charge is -2.34. The molecule has 3 atom stereocenters. The van der Waals surface area contributed by atoms with Crippen LogP contribution in [0, 0.1) is 17.2 Å². The summed E-state index contributed by atoms with van der Waals surface area (Å²) in [5.74, 6) is -1.19. The molecule has 0 aliphatic rings. The number of halogens is 1. The Balaban J connectivity index is 2.16. The smallest absolute Gasteiger partial charge is 0.243 e. The molecule has 11 heteroatoms. The molecule has 0 aliphatic heterocycles. The number of sulfonamides is 1. The van der Waals surface area contributed by atoms with Gasteiger partial charge in [0.1, 0.15) is 11.9 Å². The van der Waals surface area contributed by atoms with E-state index in [1.807, 2.05) is 65.0 Å². The summed E-state index contributed by atoms with van der Waals surface area (Å²) in [6.45, 7) is 9.56. The van der Waals surface area contributed by atoms with Crippen LogP contribution in [0.3, 0.4) is 0 Å². The van der Waals surface area contributed by atoms with Crippen molar-refractivity contribution in [3.8, 4) is 0 Å². The normalized spacial score (nSPS) is 14.5. The summed E-state index contributed by atoms with van der Waals surface area (Å²) in [6, 6.07) is 13.5. The van der Waals surface area contributed by atoms with Gasteiger partial charge in [0.15, 0.2) is 0 Å². The summed E-state index contributed by atoms with van der Waals surface area (Å²) in [7, 11) is -3.60. The van der Waals surface area contributed by atoms with E-state index in [0.717, 1.165) is 17.4 Å². The maximum Gasteiger partial charge on any atom is 0.243 e. The predicted molar refractivity (Wildman–Crippen MR) is 159 cm³/mol. The largest absolute Gasteiger partial charge is 0.390 e. The highest BCUT2D eigenvalue weighted by atomic mass is 32.2. The van der Waals surface area contributed by atoms with Crippen molar-refractivity contribution >= 4 is 21.8 Å². The second kappa shape index (κ2) is 15.4. The first-order chi connectivity index (χ1) is 19.1. The lowest BCUT2D eigenvalue weighted by Crippen LogP contribution is -2.59. The summed E-state index contributed by atoms with van der Waals surface area (Å²) >= 11 is 0. The lowest BCUT2D eigenvalue weighted by molar-refractivity contribution is -0.132. The van der Waals surface area contributed by atoms with Gasteiger partial charge in [0.25, 0.3) is 0 Å². The first kappa shape index (κ1) is 34.3. The molecular weight excluding hydrogens is 547 g/mol. The van der Waals surface area contributed by atoms with Crippen LogP contribution < -0.4 is 16.0 Å². The third-order valence-electron chi connectivity index (χ3n) is 6.48. The van der Waals surface area contributed by atoms with E-state index in [-0.39, 0.29) is 37.8 Å². The van der Waals surface area contributed by atoms with Crippen LogP contribution in [0.2, 0.25) is 0 Å².